The van der Waals surface area contributed by atoms with Crippen LogP contribution in [-0.4, -0.2) is 18.2 Å². The molecular weight excluding hydrogens is 417 g/mol. The number of nitrogens with zero attached hydrogens (tertiary/aromatic N) is 2. The van der Waals surface area contributed by atoms with E-state index in [1.165, 1.54) is 0 Å². The average molecular weight is 438 g/mol. The summed E-state index contributed by atoms with van der Waals surface area (Å²) >= 11 is 12.0. The van der Waals surface area contributed by atoms with Gasteiger partial charge >= 0.3 is 0 Å². The molecule has 0 aliphatic rings. The molecular formula is C20H21Cl2N3O2S. The first-order valence-electron chi connectivity index (χ1n) is 8.66. The average Bonchev–Trinajstić information content (AvgIpc) is 3.02. The lowest BCUT2D eigenvalue weighted by Gasteiger charge is -2.15. The maximum absolute atomic E-state index is 13.0. The van der Waals surface area contributed by atoms with Gasteiger partial charge in [-0.15, -0.1) is 0 Å². The first kappa shape index (κ1) is 20.7. The highest BCUT2D eigenvalue weighted by molar-refractivity contribution is 7.92. The summed E-state index contributed by atoms with van der Waals surface area (Å²) in [6.07, 6.45) is 1.71. The van der Waals surface area contributed by atoms with Crippen molar-refractivity contribution >= 4 is 39.0 Å². The van der Waals surface area contributed by atoms with Gasteiger partial charge in [0.25, 0.3) is 10.0 Å². The lowest BCUT2D eigenvalue weighted by Crippen LogP contribution is -2.17. The van der Waals surface area contributed by atoms with Crippen molar-refractivity contribution < 1.29 is 8.42 Å². The Hall–Kier alpha value is -2.02. The lowest BCUT2D eigenvalue weighted by atomic mass is 10.0. The van der Waals surface area contributed by atoms with E-state index in [9.17, 15) is 8.42 Å². The van der Waals surface area contributed by atoms with E-state index in [1.807, 2.05) is 39.8 Å². The maximum Gasteiger partial charge on any atom is 0.263 e. The summed E-state index contributed by atoms with van der Waals surface area (Å²) in [5.41, 5.74) is 4.27. The van der Waals surface area contributed by atoms with Gasteiger partial charge in [-0.05, 0) is 67.6 Å². The van der Waals surface area contributed by atoms with Crippen molar-refractivity contribution in [1.82, 2.24) is 9.78 Å². The Morgan fingerprint density at radius 1 is 0.964 bits per heavy atom. The molecule has 0 aliphatic carbocycles. The molecule has 148 valence electrons. The third-order valence-corrected chi connectivity index (χ3v) is 7.14. The Morgan fingerprint density at radius 3 is 2.21 bits per heavy atom. The number of sulfonamides is 1. The Balaban J connectivity index is 1.86. The van der Waals surface area contributed by atoms with Gasteiger partial charge in [-0.2, -0.15) is 5.10 Å². The minimum absolute atomic E-state index is 0.262. The van der Waals surface area contributed by atoms with Gasteiger partial charge in [0.2, 0.25) is 0 Å². The summed E-state index contributed by atoms with van der Waals surface area (Å²) in [6.45, 7) is 7.90. The molecule has 0 amide bonds. The standard InChI is InChI=1S/C20H21Cl2N3O2S/c1-12-9-13(2)15(4)20(14(12)3)28(26,27)24-19-7-8-25(23-19)11-16-5-6-17(21)18(22)10-16/h5-10H,11H2,1-4H3,(H,23,24). The van der Waals surface area contributed by atoms with Gasteiger partial charge in [-0.1, -0.05) is 35.3 Å². The van der Waals surface area contributed by atoms with Crippen LogP contribution in [0.1, 0.15) is 27.8 Å². The van der Waals surface area contributed by atoms with Gasteiger partial charge in [0.15, 0.2) is 5.82 Å². The molecule has 0 saturated carbocycles. The minimum atomic E-state index is -3.76. The maximum atomic E-state index is 13.0. The van der Waals surface area contributed by atoms with Crippen LogP contribution in [0.5, 0.6) is 0 Å². The van der Waals surface area contributed by atoms with E-state index in [0.29, 0.717) is 21.5 Å². The zero-order chi connectivity index (χ0) is 20.6. The summed E-state index contributed by atoms with van der Waals surface area (Å²) in [6, 6.07) is 8.95. The lowest BCUT2D eigenvalue weighted by molar-refractivity contribution is 0.599. The molecule has 1 aromatic heterocycles. The van der Waals surface area contributed by atoms with Gasteiger partial charge in [-0.25, -0.2) is 8.42 Å². The van der Waals surface area contributed by atoms with Crippen molar-refractivity contribution in [2.45, 2.75) is 39.1 Å². The van der Waals surface area contributed by atoms with E-state index >= 15 is 0 Å². The van der Waals surface area contributed by atoms with Crippen LogP contribution in [0.3, 0.4) is 0 Å². The fraction of sp³-hybridized carbons (Fsp3) is 0.250. The Bertz CT molecular complexity index is 1130. The number of aromatic nitrogens is 2. The van der Waals surface area contributed by atoms with Crippen LogP contribution in [0.25, 0.3) is 0 Å². The molecule has 2 aromatic carbocycles. The Labute approximate surface area is 175 Å². The number of benzene rings is 2. The smallest absolute Gasteiger partial charge is 0.263 e. The second kappa shape index (κ2) is 7.78. The highest BCUT2D eigenvalue weighted by Crippen LogP contribution is 2.28. The predicted octanol–water partition coefficient (Wildman–Crippen LogP) is 5.27. The van der Waals surface area contributed by atoms with Gasteiger partial charge < -0.3 is 0 Å². The van der Waals surface area contributed by atoms with Crippen LogP contribution in [-0.2, 0) is 16.6 Å². The van der Waals surface area contributed by atoms with Gasteiger partial charge in [0.1, 0.15) is 0 Å². The van der Waals surface area contributed by atoms with E-state index in [0.717, 1.165) is 27.8 Å². The summed E-state index contributed by atoms with van der Waals surface area (Å²) in [5.74, 6) is 0.262. The number of halogens is 2. The van der Waals surface area contributed by atoms with Crippen LogP contribution < -0.4 is 4.72 Å². The van der Waals surface area contributed by atoms with Crippen molar-refractivity contribution in [2.75, 3.05) is 4.72 Å². The molecule has 0 atom stereocenters. The molecule has 0 aliphatic heterocycles. The molecule has 0 fully saturated rings. The number of hydrogen-bond acceptors (Lipinski definition) is 3. The predicted molar refractivity (Wildman–Crippen MR) is 114 cm³/mol. The summed E-state index contributed by atoms with van der Waals surface area (Å²) in [5, 5.41) is 5.27. The summed E-state index contributed by atoms with van der Waals surface area (Å²) in [4.78, 5) is 0.309. The van der Waals surface area contributed by atoms with Crippen molar-refractivity contribution in [3.05, 3.63) is 74.4 Å². The molecule has 0 radical (unpaired) electrons. The Morgan fingerprint density at radius 2 is 1.61 bits per heavy atom. The Kier molecular flexibility index (Phi) is 5.75. The molecule has 0 bridgehead atoms. The van der Waals surface area contributed by atoms with Crippen LogP contribution in [0, 0.1) is 27.7 Å². The number of nitrogens with one attached hydrogen (secondary N) is 1. The van der Waals surface area contributed by atoms with E-state index in [-0.39, 0.29) is 5.82 Å². The van der Waals surface area contributed by atoms with Crippen molar-refractivity contribution in [1.29, 1.82) is 0 Å². The second-order valence-electron chi connectivity index (χ2n) is 6.84. The molecule has 0 spiro atoms. The van der Waals surface area contributed by atoms with Gasteiger partial charge in [0.05, 0.1) is 21.5 Å². The van der Waals surface area contributed by atoms with Crippen LogP contribution >= 0.6 is 23.2 Å². The third-order valence-electron chi connectivity index (χ3n) is 4.77. The topological polar surface area (TPSA) is 64.0 Å². The summed E-state index contributed by atoms with van der Waals surface area (Å²) < 4.78 is 30.2. The number of hydrogen-bond donors (Lipinski definition) is 1. The molecule has 28 heavy (non-hydrogen) atoms. The largest absolute Gasteiger partial charge is 0.266 e. The molecule has 1 heterocycles. The van der Waals surface area contributed by atoms with Gasteiger partial charge in [-0.3, -0.25) is 9.40 Å². The summed E-state index contributed by atoms with van der Waals surface area (Å²) in [7, 11) is -3.76. The number of anilines is 1. The van der Waals surface area contributed by atoms with Crippen molar-refractivity contribution in [3.63, 3.8) is 0 Å². The van der Waals surface area contributed by atoms with E-state index in [4.69, 9.17) is 23.2 Å². The zero-order valence-electron chi connectivity index (χ0n) is 16.0. The normalized spacial score (nSPS) is 11.6. The number of rotatable bonds is 5. The highest BCUT2D eigenvalue weighted by atomic mass is 35.5. The molecule has 1 N–H and O–H groups in total. The molecule has 5 nitrogen and oxygen atoms in total. The van der Waals surface area contributed by atoms with E-state index in [1.54, 1.807) is 29.1 Å². The molecule has 8 heteroatoms. The van der Waals surface area contributed by atoms with Gasteiger partial charge in [0, 0.05) is 12.3 Å². The van der Waals surface area contributed by atoms with Crippen molar-refractivity contribution in [2.24, 2.45) is 0 Å². The fourth-order valence-electron chi connectivity index (χ4n) is 3.10. The first-order chi connectivity index (χ1) is 13.1. The molecule has 3 aromatic rings. The quantitative estimate of drug-likeness (QED) is 0.590. The third kappa shape index (κ3) is 4.19. The van der Waals surface area contributed by atoms with Crippen molar-refractivity contribution in [3.8, 4) is 0 Å². The van der Waals surface area contributed by atoms with Crippen LogP contribution in [0.2, 0.25) is 10.0 Å². The fourth-order valence-corrected chi connectivity index (χ4v) is 5.04. The SMILES string of the molecule is Cc1cc(C)c(C)c(S(=O)(=O)Nc2ccn(Cc3ccc(Cl)c(Cl)c3)n2)c1C. The molecule has 3 rings (SSSR count). The first-order valence-corrected chi connectivity index (χ1v) is 10.9. The minimum Gasteiger partial charge on any atom is -0.266 e. The monoisotopic (exact) mass is 437 g/mol. The zero-order valence-corrected chi connectivity index (χ0v) is 18.4. The van der Waals surface area contributed by atoms with Crippen LogP contribution in [0.15, 0.2) is 41.4 Å². The van der Waals surface area contributed by atoms with E-state index in [2.05, 4.69) is 9.82 Å². The molecule has 0 saturated heterocycles. The highest BCUT2D eigenvalue weighted by Gasteiger charge is 2.23. The molecule has 0 unspecified atom stereocenters. The second-order valence-corrected chi connectivity index (χ2v) is 9.28. The van der Waals surface area contributed by atoms with Crippen LogP contribution in [0.4, 0.5) is 5.82 Å². The van der Waals surface area contributed by atoms with E-state index < -0.39 is 10.0 Å². The number of aryl methyl sites for hydroxylation is 2.